The highest BCUT2D eigenvalue weighted by atomic mass is 16.3. The molecule has 4 aliphatic rings. The fourth-order valence-corrected chi connectivity index (χ4v) is 6.16. The van der Waals surface area contributed by atoms with Crippen LogP contribution in [0.3, 0.4) is 0 Å². The van der Waals surface area contributed by atoms with Gasteiger partial charge in [-0.05, 0) is 79.1 Å². The first-order chi connectivity index (χ1) is 9.56. The molecule has 2 saturated carbocycles. The highest BCUT2D eigenvalue weighted by Gasteiger charge is 2.57. The van der Waals surface area contributed by atoms with Gasteiger partial charge in [-0.3, -0.25) is 0 Å². The summed E-state index contributed by atoms with van der Waals surface area (Å²) in [6.07, 6.45) is 16.2. The summed E-state index contributed by atoms with van der Waals surface area (Å²) in [5.74, 6) is 2.25. The van der Waals surface area contributed by atoms with Gasteiger partial charge in [-0.2, -0.15) is 0 Å². The molecule has 0 aromatic heterocycles. The van der Waals surface area contributed by atoms with E-state index in [1.54, 1.807) is 5.57 Å². The molecular formula is C19H28O. The Bertz CT molecular complexity index is 476. The van der Waals surface area contributed by atoms with E-state index in [4.69, 9.17) is 0 Å². The standard InChI is InChI=1S/C19H28O/c1-18-11-4-3-5-13(18)6-7-14-15-8-9-17(20)19(15,2)12-10-16(14)18/h5-7,14-17,20H,3-4,8-12H2,1-2H3/t14-,15-,16-,17?,18-,19-/m0/s1. The lowest BCUT2D eigenvalue weighted by Crippen LogP contribution is -2.49. The van der Waals surface area contributed by atoms with Crippen LogP contribution in [0.1, 0.15) is 58.8 Å². The van der Waals surface area contributed by atoms with Crippen LogP contribution >= 0.6 is 0 Å². The molecule has 20 heavy (non-hydrogen) atoms. The second kappa shape index (κ2) is 4.22. The van der Waals surface area contributed by atoms with E-state index in [2.05, 4.69) is 32.1 Å². The van der Waals surface area contributed by atoms with Gasteiger partial charge in [-0.25, -0.2) is 0 Å². The molecule has 2 fully saturated rings. The maximum atomic E-state index is 10.4. The first kappa shape index (κ1) is 13.1. The Morgan fingerprint density at radius 2 is 1.95 bits per heavy atom. The Morgan fingerprint density at radius 3 is 2.80 bits per heavy atom. The third-order valence-electron chi connectivity index (χ3n) is 7.52. The smallest absolute Gasteiger partial charge is 0.0596 e. The van der Waals surface area contributed by atoms with Crippen LogP contribution in [0.15, 0.2) is 23.8 Å². The van der Waals surface area contributed by atoms with Crippen molar-refractivity contribution in [2.45, 2.75) is 64.9 Å². The van der Waals surface area contributed by atoms with Crippen LogP contribution in [0.25, 0.3) is 0 Å². The van der Waals surface area contributed by atoms with Crippen molar-refractivity contribution in [3.8, 4) is 0 Å². The van der Waals surface area contributed by atoms with E-state index in [0.717, 1.165) is 12.3 Å². The molecule has 1 nitrogen and oxygen atoms in total. The first-order valence-electron chi connectivity index (χ1n) is 8.63. The topological polar surface area (TPSA) is 20.2 Å². The van der Waals surface area contributed by atoms with E-state index in [1.165, 1.54) is 38.5 Å². The van der Waals surface area contributed by atoms with Gasteiger partial charge in [0.15, 0.2) is 0 Å². The molecule has 0 heterocycles. The average Bonchev–Trinajstić information content (AvgIpc) is 2.74. The molecule has 110 valence electrons. The normalized spacial score (nSPS) is 53.9. The Hall–Kier alpha value is -0.560. The number of aliphatic hydroxyl groups is 1. The van der Waals surface area contributed by atoms with Gasteiger partial charge in [0.1, 0.15) is 0 Å². The number of hydrogen-bond donors (Lipinski definition) is 1. The molecule has 4 rings (SSSR count). The predicted molar refractivity (Wildman–Crippen MR) is 82.2 cm³/mol. The molecular weight excluding hydrogens is 244 g/mol. The van der Waals surface area contributed by atoms with Crippen molar-refractivity contribution in [2.75, 3.05) is 0 Å². The van der Waals surface area contributed by atoms with Crippen LogP contribution in [0, 0.1) is 28.6 Å². The maximum absolute atomic E-state index is 10.4. The van der Waals surface area contributed by atoms with Crippen LogP contribution in [0.5, 0.6) is 0 Å². The largest absolute Gasteiger partial charge is 0.393 e. The SMILES string of the molecule is C[C@]12CCCC=C1C=C[C@@H]1[C@@H]2CC[C@]2(C)C(O)CC[C@@H]12. The molecule has 0 radical (unpaired) electrons. The highest BCUT2D eigenvalue weighted by molar-refractivity contribution is 5.35. The van der Waals surface area contributed by atoms with Gasteiger partial charge in [0.25, 0.3) is 0 Å². The molecule has 0 spiro atoms. The Balaban J connectivity index is 1.74. The van der Waals surface area contributed by atoms with E-state index in [-0.39, 0.29) is 11.5 Å². The Morgan fingerprint density at radius 1 is 1.10 bits per heavy atom. The Labute approximate surface area is 123 Å². The van der Waals surface area contributed by atoms with Crippen molar-refractivity contribution in [1.82, 2.24) is 0 Å². The minimum atomic E-state index is -0.0575. The van der Waals surface area contributed by atoms with Crippen molar-refractivity contribution in [3.05, 3.63) is 23.8 Å². The third kappa shape index (κ3) is 1.53. The molecule has 0 aromatic carbocycles. The van der Waals surface area contributed by atoms with E-state index >= 15 is 0 Å². The van der Waals surface area contributed by atoms with Crippen molar-refractivity contribution in [1.29, 1.82) is 0 Å². The lowest BCUT2D eigenvalue weighted by Gasteiger charge is -2.55. The number of fused-ring (bicyclic) bond motifs is 5. The summed E-state index contributed by atoms with van der Waals surface area (Å²) in [6.45, 7) is 4.88. The zero-order valence-electron chi connectivity index (χ0n) is 12.9. The third-order valence-corrected chi connectivity index (χ3v) is 7.52. The summed E-state index contributed by atoms with van der Waals surface area (Å²) in [5, 5.41) is 10.4. The predicted octanol–water partition coefficient (Wildman–Crippen LogP) is 4.48. The van der Waals surface area contributed by atoms with Crippen molar-refractivity contribution in [3.63, 3.8) is 0 Å². The molecule has 0 aromatic rings. The summed E-state index contributed by atoms with van der Waals surface area (Å²) >= 11 is 0. The van der Waals surface area contributed by atoms with Crippen molar-refractivity contribution >= 4 is 0 Å². The van der Waals surface area contributed by atoms with Gasteiger partial charge in [-0.15, -0.1) is 0 Å². The van der Waals surface area contributed by atoms with E-state index in [9.17, 15) is 5.11 Å². The van der Waals surface area contributed by atoms with Crippen molar-refractivity contribution < 1.29 is 5.11 Å². The van der Waals surface area contributed by atoms with Gasteiger partial charge in [0, 0.05) is 0 Å². The minimum absolute atomic E-state index is 0.0575. The van der Waals surface area contributed by atoms with Gasteiger partial charge < -0.3 is 5.11 Å². The summed E-state index contributed by atoms with van der Waals surface area (Å²) < 4.78 is 0. The van der Waals surface area contributed by atoms with E-state index < -0.39 is 0 Å². The monoisotopic (exact) mass is 272 g/mol. The zero-order valence-corrected chi connectivity index (χ0v) is 12.9. The quantitative estimate of drug-likeness (QED) is 0.689. The van der Waals surface area contributed by atoms with Crippen LogP contribution in [-0.2, 0) is 0 Å². The van der Waals surface area contributed by atoms with Crippen molar-refractivity contribution in [2.24, 2.45) is 28.6 Å². The lowest BCUT2D eigenvalue weighted by atomic mass is 9.49. The number of allylic oxidation sites excluding steroid dienone is 4. The van der Waals surface area contributed by atoms with E-state index in [0.29, 0.717) is 17.3 Å². The molecule has 1 N–H and O–H groups in total. The number of hydrogen-bond acceptors (Lipinski definition) is 1. The molecule has 1 heteroatoms. The zero-order chi connectivity index (χ0) is 14.0. The second-order valence-electron chi connectivity index (χ2n) is 8.26. The van der Waals surface area contributed by atoms with Gasteiger partial charge in [0.2, 0.25) is 0 Å². The highest BCUT2D eigenvalue weighted by Crippen LogP contribution is 2.63. The van der Waals surface area contributed by atoms with Crippen LogP contribution in [0.2, 0.25) is 0 Å². The second-order valence-corrected chi connectivity index (χ2v) is 8.26. The van der Waals surface area contributed by atoms with Crippen LogP contribution in [0.4, 0.5) is 0 Å². The van der Waals surface area contributed by atoms with E-state index in [1.807, 2.05) is 0 Å². The van der Waals surface area contributed by atoms with Gasteiger partial charge in [-0.1, -0.05) is 32.1 Å². The average molecular weight is 272 g/mol. The molecule has 4 aliphatic carbocycles. The van der Waals surface area contributed by atoms with Crippen LogP contribution in [-0.4, -0.2) is 11.2 Å². The summed E-state index contributed by atoms with van der Waals surface area (Å²) in [6, 6.07) is 0. The molecule has 0 amide bonds. The molecule has 1 unspecified atom stereocenters. The molecule has 0 bridgehead atoms. The minimum Gasteiger partial charge on any atom is -0.393 e. The molecule has 0 aliphatic heterocycles. The van der Waals surface area contributed by atoms with Crippen LogP contribution < -0.4 is 0 Å². The number of rotatable bonds is 0. The fourth-order valence-electron chi connectivity index (χ4n) is 6.16. The lowest BCUT2D eigenvalue weighted by molar-refractivity contribution is -0.0473. The molecule has 6 atom stereocenters. The first-order valence-corrected chi connectivity index (χ1v) is 8.63. The summed E-state index contributed by atoms with van der Waals surface area (Å²) in [7, 11) is 0. The fraction of sp³-hybridized carbons (Fsp3) is 0.789. The summed E-state index contributed by atoms with van der Waals surface area (Å²) in [4.78, 5) is 0. The number of aliphatic hydroxyl groups excluding tert-OH is 1. The van der Waals surface area contributed by atoms with Gasteiger partial charge >= 0.3 is 0 Å². The summed E-state index contributed by atoms with van der Waals surface area (Å²) in [5.41, 5.74) is 2.23. The maximum Gasteiger partial charge on any atom is 0.0596 e. The Kier molecular flexibility index (Phi) is 2.77. The molecule has 0 saturated heterocycles. The van der Waals surface area contributed by atoms with Gasteiger partial charge in [0.05, 0.1) is 6.10 Å².